The summed E-state index contributed by atoms with van der Waals surface area (Å²) in [6.45, 7) is 2.18. The van der Waals surface area contributed by atoms with Gasteiger partial charge in [0.2, 0.25) is 11.0 Å². The van der Waals surface area contributed by atoms with E-state index in [2.05, 4.69) is 20.4 Å². The Labute approximate surface area is 204 Å². The smallest absolute Gasteiger partial charge is 0.289 e. The van der Waals surface area contributed by atoms with Crippen molar-refractivity contribution in [3.63, 3.8) is 0 Å². The zero-order valence-electron chi connectivity index (χ0n) is 18.6. The summed E-state index contributed by atoms with van der Waals surface area (Å²) in [4.78, 5) is 41.2. The molecule has 178 valence electrons. The number of aromatic nitrogens is 2. The van der Waals surface area contributed by atoms with Crippen molar-refractivity contribution >= 4 is 51.0 Å². The average molecular weight is 500 g/mol. The van der Waals surface area contributed by atoms with Gasteiger partial charge in [-0.15, -0.1) is 10.2 Å². The lowest BCUT2D eigenvalue weighted by atomic mass is 10.2. The highest BCUT2D eigenvalue weighted by molar-refractivity contribution is 8.01. The maximum absolute atomic E-state index is 12.9. The SMILES string of the molecule is O=C(CSc1nnc(N2CCN(C(=O)c3cc(=O)c4ccccc4o3)CC2)s1)NC1CCCC1. The topological polar surface area (TPSA) is 109 Å². The molecule has 2 aromatic heterocycles. The summed E-state index contributed by atoms with van der Waals surface area (Å²) >= 11 is 2.86. The Balaban J connectivity index is 1.14. The lowest BCUT2D eigenvalue weighted by Gasteiger charge is -2.33. The van der Waals surface area contributed by atoms with Gasteiger partial charge in [-0.2, -0.15) is 0 Å². The van der Waals surface area contributed by atoms with Crippen molar-refractivity contribution in [3.8, 4) is 0 Å². The van der Waals surface area contributed by atoms with E-state index in [0.717, 1.165) is 22.3 Å². The molecule has 1 aliphatic carbocycles. The second-order valence-corrected chi connectivity index (χ2v) is 10.6. The molecule has 2 amide bonds. The molecule has 1 saturated heterocycles. The van der Waals surface area contributed by atoms with E-state index in [1.54, 1.807) is 29.2 Å². The predicted octanol–water partition coefficient (Wildman–Crippen LogP) is 2.76. The van der Waals surface area contributed by atoms with E-state index < -0.39 is 0 Å². The number of carbonyl (C=O) groups excluding carboxylic acids is 2. The van der Waals surface area contributed by atoms with Crippen LogP contribution < -0.4 is 15.6 Å². The van der Waals surface area contributed by atoms with Crippen LogP contribution in [0.1, 0.15) is 36.2 Å². The highest BCUT2D eigenvalue weighted by Gasteiger charge is 2.26. The minimum absolute atomic E-state index is 0.0427. The first-order chi connectivity index (χ1) is 16.6. The summed E-state index contributed by atoms with van der Waals surface area (Å²) in [5.74, 6) is 0.151. The van der Waals surface area contributed by atoms with E-state index in [1.165, 1.54) is 42.0 Å². The van der Waals surface area contributed by atoms with E-state index in [1.807, 2.05) is 0 Å². The number of fused-ring (bicyclic) bond motifs is 1. The number of anilines is 1. The van der Waals surface area contributed by atoms with E-state index in [4.69, 9.17) is 4.42 Å². The van der Waals surface area contributed by atoms with Gasteiger partial charge in [-0.05, 0) is 25.0 Å². The van der Waals surface area contributed by atoms with Crippen LogP contribution in [0.15, 0.2) is 43.9 Å². The molecule has 2 fully saturated rings. The van der Waals surface area contributed by atoms with Crippen LogP contribution >= 0.6 is 23.1 Å². The van der Waals surface area contributed by atoms with E-state index >= 15 is 0 Å². The molecular formula is C23H25N5O4S2. The van der Waals surface area contributed by atoms with Gasteiger partial charge < -0.3 is 19.5 Å². The first-order valence-corrected chi connectivity index (χ1v) is 13.2. The molecule has 1 aromatic carbocycles. The predicted molar refractivity (Wildman–Crippen MR) is 132 cm³/mol. The number of carbonyl (C=O) groups is 2. The van der Waals surface area contributed by atoms with Crippen LogP contribution in [0, 0.1) is 0 Å². The van der Waals surface area contributed by atoms with Gasteiger partial charge in [0.25, 0.3) is 5.91 Å². The van der Waals surface area contributed by atoms with Crippen molar-refractivity contribution in [2.24, 2.45) is 0 Å². The molecule has 11 heteroatoms. The molecule has 0 spiro atoms. The summed E-state index contributed by atoms with van der Waals surface area (Å²) in [7, 11) is 0. The number of amides is 2. The van der Waals surface area contributed by atoms with Crippen molar-refractivity contribution < 1.29 is 14.0 Å². The quantitative estimate of drug-likeness (QED) is 0.516. The fourth-order valence-corrected chi connectivity index (χ4v) is 6.03. The molecule has 34 heavy (non-hydrogen) atoms. The minimum Gasteiger partial charge on any atom is -0.451 e. The third-order valence-corrected chi connectivity index (χ3v) is 8.24. The lowest BCUT2D eigenvalue weighted by molar-refractivity contribution is -0.119. The number of nitrogens with one attached hydrogen (secondary N) is 1. The summed E-state index contributed by atoms with van der Waals surface area (Å²) in [5, 5.41) is 12.8. The number of thioether (sulfide) groups is 1. The molecule has 1 saturated carbocycles. The molecule has 9 nitrogen and oxygen atoms in total. The maximum atomic E-state index is 12.9. The molecule has 0 bridgehead atoms. The summed E-state index contributed by atoms with van der Waals surface area (Å²) in [5.41, 5.74) is 0.187. The fourth-order valence-electron chi connectivity index (χ4n) is 4.32. The molecule has 1 N–H and O–H groups in total. The van der Waals surface area contributed by atoms with Crippen LogP contribution in [-0.4, -0.2) is 64.9 Å². The van der Waals surface area contributed by atoms with Gasteiger partial charge in [0, 0.05) is 38.3 Å². The van der Waals surface area contributed by atoms with Crippen molar-refractivity contribution in [1.82, 2.24) is 20.4 Å². The van der Waals surface area contributed by atoms with Gasteiger partial charge in [0.15, 0.2) is 15.5 Å². The number of hydrogen-bond donors (Lipinski definition) is 1. The largest absolute Gasteiger partial charge is 0.451 e. The molecular weight excluding hydrogens is 474 g/mol. The molecule has 3 aromatic rings. The summed E-state index contributed by atoms with van der Waals surface area (Å²) < 4.78 is 6.46. The van der Waals surface area contributed by atoms with Crippen LogP contribution in [0.4, 0.5) is 5.13 Å². The Morgan fingerprint density at radius 1 is 1.12 bits per heavy atom. The zero-order valence-corrected chi connectivity index (χ0v) is 20.2. The van der Waals surface area contributed by atoms with E-state index in [9.17, 15) is 14.4 Å². The highest BCUT2D eigenvalue weighted by atomic mass is 32.2. The van der Waals surface area contributed by atoms with Gasteiger partial charge in [-0.25, -0.2) is 0 Å². The first kappa shape index (κ1) is 22.9. The van der Waals surface area contributed by atoms with E-state index in [0.29, 0.717) is 48.9 Å². The lowest BCUT2D eigenvalue weighted by Crippen LogP contribution is -2.48. The number of hydrogen-bond acceptors (Lipinski definition) is 9. The second kappa shape index (κ2) is 10.1. The van der Waals surface area contributed by atoms with Crippen LogP contribution in [0.5, 0.6) is 0 Å². The van der Waals surface area contributed by atoms with Crippen molar-refractivity contribution in [3.05, 3.63) is 46.3 Å². The second-order valence-electron chi connectivity index (χ2n) is 8.44. The third-order valence-electron chi connectivity index (χ3n) is 6.13. The molecule has 0 unspecified atom stereocenters. The Morgan fingerprint density at radius 3 is 2.68 bits per heavy atom. The highest BCUT2D eigenvalue weighted by Crippen LogP contribution is 2.29. The number of nitrogens with zero attached hydrogens (tertiary/aromatic N) is 4. The Hall–Kier alpha value is -2.92. The van der Waals surface area contributed by atoms with Crippen molar-refractivity contribution in [1.29, 1.82) is 0 Å². The molecule has 1 aliphatic heterocycles. The minimum atomic E-state index is -0.288. The Kier molecular flexibility index (Phi) is 6.82. The monoisotopic (exact) mass is 499 g/mol. The van der Waals surface area contributed by atoms with Crippen LogP contribution in [0.25, 0.3) is 11.0 Å². The molecule has 3 heterocycles. The van der Waals surface area contributed by atoms with Crippen LogP contribution in [-0.2, 0) is 4.79 Å². The Morgan fingerprint density at radius 2 is 1.88 bits per heavy atom. The average Bonchev–Trinajstić information content (AvgIpc) is 3.55. The van der Waals surface area contributed by atoms with E-state index in [-0.39, 0.29) is 23.0 Å². The number of piperazine rings is 1. The van der Waals surface area contributed by atoms with Crippen LogP contribution in [0.3, 0.4) is 0 Å². The number of para-hydroxylation sites is 1. The van der Waals surface area contributed by atoms with Gasteiger partial charge in [-0.3, -0.25) is 14.4 Å². The maximum Gasteiger partial charge on any atom is 0.289 e. The van der Waals surface area contributed by atoms with Crippen molar-refractivity contribution in [2.45, 2.75) is 36.1 Å². The van der Waals surface area contributed by atoms with Gasteiger partial charge in [-0.1, -0.05) is 48.1 Å². The number of rotatable bonds is 6. The van der Waals surface area contributed by atoms with Gasteiger partial charge in [0.05, 0.1) is 11.1 Å². The zero-order chi connectivity index (χ0) is 23.5. The molecule has 0 radical (unpaired) electrons. The number of benzene rings is 1. The van der Waals surface area contributed by atoms with Gasteiger partial charge in [0.1, 0.15) is 5.58 Å². The van der Waals surface area contributed by atoms with Crippen molar-refractivity contribution in [2.75, 3.05) is 36.8 Å². The summed E-state index contributed by atoms with van der Waals surface area (Å²) in [6.07, 6.45) is 4.52. The molecule has 0 atom stereocenters. The standard InChI is InChI=1S/C23H25N5O4S2/c29-17-13-19(32-18-8-4-3-7-16(17)18)21(31)27-9-11-28(12-10-27)22-25-26-23(34-22)33-14-20(30)24-15-5-1-2-6-15/h3-4,7-8,13,15H,1-2,5-6,9-12,14H2,(H,24,30). The van der Waals surface area contributed by atoms with Gasteiger partial charge >= 0.3 is 0 Å². The van der Waals surface area contributed by atoms with Crippen LogP contribution in [0.2, 0.25) is 0 Å². The first-order valence-electron chi connectivity index (χ1n) is 11.4. The Bertz CT molecular complexity index is 1250. The third kappa shape index (κ3) is 5.10. The normalized spacial score (nSPS) is 16.8. The molecule has 5 rings (SSSR count). The fraction of sp³-hybridized carbons (Fsp3) is 0.435. The summed E-state index contributed by atoms with van der Waals surface area (Å²) in [6, 6.07) is 8.51. The molecule has 2 aliphatic rings.